The molecule has 95 valence electrons. The van der Waals surface area contributed by atoms with Crippen LogP contribution in [-0.2, 0) is 10.0 Å². The zero-order chi connectivity index (χ0) is 13.2. The molecule has 0 N–H and O–H groups in total. The predicted octanol–water partition coefficient (Wildman–Crippen LogP) is 0.561. The summed E-state index contributed by atoms with van der Waals surface area (Å²) in [5, 5.41) is 0. The van der Waals surface area contributed by atoms with Crippen LogP contribution in [0.4, 0.5) is 0 Å². The van der Waals surface area contributed by atoms with Crippen LogP contribution in [0.25, 0.3) is 0 Å². The highest BCUT2D eigenvalue weighted by molar-refractivity contribution is 7.89. The van der Waals surface area contributed by atoms with Gasteiger partial charge in [0.15, 0.2) is 0 Å². The van der Waals surface area contributed by atoms with Crippen LogP contribution in [0.15, 0.2) is 29.2 Å². The molecular formula is C13H15N2O2S. The highest BCUT2D eigenvalue weighted by atomic mass is 32.2. The van der Waals surface area contributed by atoms with Crippen molar-refractivity contribution in [2.75, 3.05) is 33.2 Å². The van der Waals surface area contributed by atoms with Crippen LogP contribution < -0.4 is 0 Å². The zero-order valence-corrected chi connectivity index (χ0v) is 11.1. The monoisotopic (exact) mass is 263 g/mol. The first kappa shape index (κ1) is 13.1. The van der Waals surface area contributed by atoms with E-state index < -0.39 is 10.0 Å². The maximum Gasteiger partial charge on any atom is 0.243 e. The van der Waals surface area contributed by atoms with Crippen molar-refractivity contribution >= 4 is 10.0 Å². The number of sulfonamides is 1. The lowest BCUT2D eigenvalue weighted by Gasteiger charge is -2.31. The van der Waals surface area contributed by atoms with Crippen molar-refractivity contribution in [3.8, 4) is 5.92 Å². The van der Waals surface area contributed by atoms with Crippen molar-refractivity contribution in [2.45, 2.75) is 4.90 Å². The molecule has 0 saturated carbocycles. The second kappa shape index (κ2) is 5.11. The molecule has 1 aromatic rings. The number of hydrogen-bond donors (Lipinski definition) is 0. The molecule has 0 aromatic heterocycles. The number of hydrogen-bond acceptors (Lipinski definition) is 3. The van der Waals surface area contributed by atoms with E-state index in [9.17, 15) is 8.42 Å². The van der Waals surface area contributed by atoms with Crippen LogP contribution in [-0.4, -0.2) is 50.8 Å². The largest absolute Gasteiger partial charge is 0.304 e. The van der Waals surface area contributed by atoms with E-state index in [0.717, 1.165) is 13.1 Å². The number of rotatable bonds is 2. The Balaban J connectivity index is 2.22. The highest BCUT2D eigenvalue weighted by Gasteiger charge is 2.27. The van der Waals surface area contributed by atoms with Gasteiger partial charge < -0.3 is 4.90 Å². The Morgan fingerprint density at radius 1 is 1.11 bits per heavy atom. The Hall–Kier alpha value is -1.35. The topological polar surface area (TPSA) is 40.6 Å². The first-order chi connectivity index (χ1) is 8.54. The van der Waals surface area contributed by atoms with E-state index in [1.807, 2.05) is 7.05 Å². The molecule has 5 heteroatoms. The molecule has 1 saturated heterocycles. The number of piperazine rings is 1. The van der Waals surface area contributed by atoms with E-state index in [2.05, 4.69) is 10.8 Å². The van der Waals surface area contributed by atoms with E-state index in [0.29, 0.717) is 18.7 Å². The Morgan fingerprint density at radius 3 is 2.17 bits per heavy atom. The minimum absolute atomic E-state index is 0.283. The van der Waals surface area contributed by atoms with Gasteiger partial charge in [0.1, 0.15) is 0 Å². The van der Waals surface area contributed by atoms with Crippen molar-refractivity contribution in [2.24, 2.45) is 0 Å². The second-order valence-electron chi connectivity index (χ2n) is 4.36. The van der Waals surface area contributed by atoms with Gasteiger partial charge in [0.2, 0.25) is 10.0 Å². The molecule has 18 heavy (non-hydrogen) atoms. The van der Waals surface area contributed by atoms with Crippen LogP contribution in [0, 0.1) is 12.3 Å². The molecule has 0 aliphatic carbocycles. The molecule has 0 unspecified atom stereocenters. The van der Waals surface area contributed by atoms with Crippen LogP contribution >= 0.6 is 0 Å². The summed E-state index contributed by atoms with van der Waals surface area (Å²) < 4.78 is 26.2. The SMILES string of the molecule is [C]#Cc1ccc(S(=O)(=O)N2CCN(C)CC2)cc1. The molecule has 0 spiro atoms. The van der Waals surface area contributed by atoms with Gasteiger partial charge in [-0.15, -0.1) is 0 Å². The maximum atomic E-state index is 12.3. The smallest absolute Gasteiger partial charge is 0.243 e. The van der Waals surface area contributed by atoms with E-state index >= 15 is 0 Å². The summed E-state index contributed by atoms with van der Waals surface area (Å²) in [4.78, 5) is 2.39. The van der Waals surface area contributed by atoms with Crippen LogP contribution in [0.5, 0.6) is 0 Å². The van der Waals surface area contributed by atoms with Crippen molar-refractivity contribution < 1.29 is 8.42 Å². The Morgan fingerprint density at radius 2 is 1.67 bits per heavy atom. The lowest BCUT2D eigenvalue weighted by molar-refractivity contribution is 0.222. The van der Waals surface area contributed by atoms with Gasteiger partial charge in [-0.1, -0.05) is 5.92 Å². The van der Waals surface area contributed by atoms with Gasteiger partial charge in [0.05, 0.1) is 4.90 Å². The molecule has 1 aliphatic heterocycles. The van der Waals surface area contributed by atoms with E-state index in [-0.39, 0.29) is 4.90 Å². The summed E-state index contributed by atoms with van der Waals surface area (Å²) in [7, 11) is -1.41. The predicted molar refractivity (Wildman–Crippen MR) is 68.9 cm³/mol. The summed E-state index contributed by atoms with van der Waals surface area (Å²) in [6, 6.07) is 6.25. The summed E-state index contributed by atoms with van der Waals surface area (Å²) >= 11 is 0. The second-order valence-corrected chi connectivity index (χ2v) is 6.29. The molecule has 0 amide bonds. The number of nitrogens with zero attached hydrogens (tertiary/aromatic N) is 2. The molecule has 1 radical (unpaired) electrons. The van der Waals surface area contributed by atoms with Crippen LogP contribution in [0.2, 0.25) is 0 Å². The Bertz CT molecular complexity index is 550. The third kappa shape index (κ3) is 2.56. The molecule has 2 rings (SSSR count). The van der Waals surface area contributed by atoms with Gasteiger partial charge in [0, 0.05) is 31.7 Å². The normalized spacial score (nSPS) is 18.4. The minimum Gasteiger partial charge on any atom is -0.304 e. The van der Waals surface area contributed by atoms with Gasteiger partial charge in [-0.2, -0.15) is 4.31 Å². The summed E-state index contributed by atoms with van der Waals surface area (Å²) in [5.74, 6) is 2.23. The van der Waals surface area contributed by atoms with Crippen molar-refractivity contribution in [1.29, 1.82) is 0 Å². The van der Waals surface area contributed by atoms with E-state index in [1.165, 1.54) is 16.4 Å². The third-order valence-electron chi connectivity index (χ3n) is 3.10. The molecule has 1 fully saturated rings. The van der Waals surface area contributed by atoms with Gasteiger partial charge in [-0.05, 0) is 37.7 Å². The lowest BCUT2D eigenvalue weighted by atomic mass is 10.2. The summed E-state index contributed by atoms with van der Waals surface area (Å²) in [6.45, 7) is 2.56. The van der Waals surface area contributed by atoms with Crippen molar-refractivity contribution in [1.82, 2.24) is 9.21 Å². The van der Waals surface area contributed by atoms with Gasteiger partial charge >= 0.3 is 0 Å². The average molecular weight is 263 g/mol. The van der Waals surface area contributed by atoms with Crippen molar-refractivity contribution in [3.63, 3.8) is 0 Å². The number of benzene rings is 1. The molecule has 0 bridgehead atoms. The molecule has 1 aliphatic rings. The van der Waals surface area contributed by atoms with E-state index in [4.69, 9.17) is 6.42 Å². The fourth-order valence-electron chi connectivity index (χ4n) is 1.89. The summed E-state index contributed by atoms with van der Waals surface area (Å²) in [6.07, 6.45) is 6.97. The molecule has 0 atom stereocenters. The summed E-state index contributed by atoms with van der Waals surface area (Å²) in [5.41, 5.74) is 0.576. The van der Waals surface area contributed by atoms with E-state index in [1.54, 1.807) is 12.1 Å². The minimum atomic E-state index is -3.39. The lowest BCUT2D eigenvalue weighted by Crippen LogP contribution is -2.46. The van der Waals surface area contributed by atoms with Crippen molar-refractivity contribution in [3.05, 3.63) is 36.3 Å². The molecular weight excluding hydrogens is 248 g/mol. The quantitative estimate of drug-likeness (QED) is 0.732. The number of likely N-dealkylation sites (N-methyl/N-ethyl adjacent to an activating group) is 1. The fourth-order valence-corrected chi connectivity index (χ4v) is 3.31. The maximum absolute atomic E-state index is 12.3. The molecule has 1 heterocycles. The molecule has 1 aromatic carbocycles. The Labute approximate surface area is 108 Å². The zero-order valence-electron chi connectivity index (χ0n) is 10.3. The first-order valence-corrected chi connectivity index (χ1v) is 7.19. The molecule has 4 nitrogen and oxygen atoms in total. The first-order valence-electron chi connectivity index (χ1n) is 5.75. The third-order valence-corrected chi connectivity index (χ3v) is 5.01. The highest BCUT2D eigenvalue weighted by Crippen LogP contribution is 2.17. The van der Waals surface area contributed by atoms with Crippen LogP contribution in [0.1, 0.15) is 5.56 Å². The van der Waals surface area contributed by atoms with Gasteiger partial charge in [0.25, 0.3) is 0 Å². The van der Waals surface area contributed by atoms with Gasteiger partial charge in [-0.3, -0.25) is 0 Å². The van der Waals surface area contributed by atoms with Gasteiger partial charge in [-0.25, -0.2) is 8.42 Å². The fraction of sp³-hybridized carbons (Fsp3) is 0.385. The Kier molecular flexibility index (Phi) is 3.71. The van der Waals surface area contributed by atoms with Crippen LogP contribution in [0.3, 0.4) is 0 Å². The standard InChI is InChI=1S/C13H15N2O2S/c1-3-12-4-6-13(7-5-12)18(16,17)15-10-8-14(2)9-11-15/h4-7H,8-11H2,2H3. The average Bonchev–Trinajstić information content (AvgIpc) is 2.39.